The van der Waals surface area contributed by atoms with Crippen LogP contribution in [0.5, 0.6) is 11.5 Å². The number of thioether (sulfide) groups is 1. The number of benzene rings is 2. The van der Waals surface area contributed by atoms with Crippen molar-refractivity contribution in [3.8, 4) is 22.9 Å². The van der Waals surface area contributed by atoms with Crippen LogP contribution in [0.4, 0.5) is 11.6 Å². The third kappa shape index (κ3) is 3.02. The van der Waals surface area contributed by atoms with Crippen LogP contribution in [0.3, 0.4) is 0 Å². The van der Waals surface area contributed by atoms with Gasteiger partial charge in [0.05, 0.1) is 25.5 Å². The number of fused-ring (bicyclic) bond motifs is 3. The molecule has 0 spiro atoms. The van der Waals surface area contributed by atoms with Crippen LogP contribution in [-0.2, 0) is 9.59 Å². The minimum absolute atomic E-state index is 0.0637. The lowest BCUT2D eigenvalue weighted by molar-refractivity contribution is -0.121. The maximum atomic E-state index is 13.3. The Bertz CT molecular complexity index is 1200. The molecule has 1 unspecified atom stereocenters. The minimum atomic E-state index is -1.03. The molecule has 31 heavy (non-hydrogen) atoms. The van der Waals surface area contributed by atoms with Gasteiger partial charge in [0.1, 0.15) is 11.5 Å². The van der Waals surface area contributed by atoms with Gasteiger partial charge in [0, 0.05) is 17.4 Å². The Kier molecular flexibility index (Phi) is 4.58. The lowest BCUT2D eigenvalue weighted by Gasteiger charge is -2.28. The zero-order chi connectivity index (χ0) is 21.6. The van der Waals surface area contributed by atoms with E-state index in [1.165, 1.54) is 11.8 Å². The first kappa shape index (κ1) is 19.4. The van der Waals surface area contributed by atoms with E-state index in [0.717, 1.165) is 10.6 Å². The SMILES string of the molecule is COc1ccc(-c2nc(NC(=O)C34CCC(=O)N3c3ccccc3S4)n[nH]2)c(OC)c1. The highest BCUT2D eigenvalue weighted by Crippen LogP contribution is 2.55. The lowest BCUT2D eigenvalue weighted by atomic mass is 10.2. The Morgan fingerprint density at radius 3 is 2.87 bits per heavy atom. The van der Waals surface area contributed by atoms with Gasteiger partial charge in [-0.05, 0) is 30.7 Å². The van der Waals surface area contributed by atoms with Gasteiger partial charge in [0.2, 0.25) is 11.9 Å². The third-order valence-electron chi connectivity index (χ3n) is 5.40. The summed E-state index contributed by atoms with van der Waals surface area (Å²) in [7, 11) is 3.13. The molecule has 3 heterocycles. The fraction of sp³-hybridized carbons (Fsp3) is 0.238. The summed E-state index contributed by atoms with van der Waals surface area (Å²) in [5, 5.41) is 9.74. The summed E-state index contributed by atoms with van der Waals surface area (Å²) in [6.45, 7) is 0. The smallest absolute Gasteiger partial charge is 0.264 e. The molecule has 1 fully saturated rings. The topological polar surface area (TPSA) is 109 Å². The van der Waals surface area contributed by atoms with Crippen LogP contribution in [-0.4, -0.2) is 46.1 Å². The van der Waals surface area contributed by atoms with Crippen molar-refractivity contribution in [2.45, 2.75) is 22.6 Å². The number of aromatic amines is 1. The zero-order valence-corrected chi connectivity index (χ0v) is 17.7. The van der Waals surface area contributed by atoms with Gasteiger partial charge in [0.25, 0.3) is 5.91 Å². The number of rotatable bonds is 5. The predicted molar refractivity (Wildman–Crippen MR) is 115 cm³/mol. The Labute approximate surface area is 182 Å². The number of nitrogens with one attached hydrogen (secondary N) is 2. The van der Waals surface area contributed by atoms with Gasteiger partial charge in [-0.15, -0.1) is 5.10 Å². The number of anilines is 2. The van der Waals surface area contributed by atoms with Crippen LogP contribution >= 0.6 is 11.8 Å². The number of hydrogen-bond donors (Lipinski definition) is 2. The number of amides is 2. The molecular formula is C21H19N5O4S. The average molecular weight is 437 g/mol. The van der Waals surface area contributed by atoms with Gasteiger partial charge in [-0.3, -0.25) is 24.9 Å². The van der Waals surface area contributed by atoms with Crippen molar-refractivity contribution in [2.24, 2.45) is 0 Å². The molecule has 2 aliphatic heterocycles. The van der Waals surface area contributed by atoms with E-state index >= 15 is 0 Å². The van der Waals surface area contributed by atoms with Crippen LogP contribution in [0.25, 0.3) is 11.4 Å². The normalized spacial score (nSPS) is 19.2. The number of aromatic nitrogens is 3. The number of nitrogens with zero attached hydrogens (tertiary/aromatic N) is 3. The van der Waals surface area contributed by atoms with Crippen LogP contribution in [0.2, 0.25) is 0 Å². The molecule has 0 aliphatic carbocycles. The highest BCUT2D eigenvalue weighted by atomic mass is 32.2. The largest absolute Gasteiger partial charge is 0.497 e. The van der Waals surface area contributed by atoms with E-state index in [1.54, 1.807) is 37.3 Å². The number of ether oxygens (including phenoxy) is 2. The second kappa shape index (κ2) is 7.31. The maximum Gasteiger partial charge on any atom is 0.264 e. The molecule has 0 radical (unpaired) electrons. The first-order valence-corrected chi connectivity index (χ1v) is 10.4. The molecule has 10 heteroatoms. The monoisotopic (exact) mass is 437 g/mol. The van der Waals surface area contributed by atoms with Crippen molar-refractivity contribution in [1.82, 2.24) is 15.2 Å². The second-order valence-corrected chi connectivity index (χ2v) is 8.43. The van der Waals surface area contributed by atoms with Gasteiger partial charge >= 0.3 is 0 Å². The molecule has 158 valence electrons. The molecule has 3 aromatic rings. The molecule has 0 saturated carbocycles. The van der Waals surface area contributed by atoms with Crippen LogP contribution < -0.4 is 19.7 Å². The Balaban J connectivity index is 1.42. The molecule has 2 amide bonds. The predicted octanol–water partition coefficient (Wildman–Crippen LogP) is 3.06. The molecule has 2 aromatic carbocycles. The average Bonchev–Trinajstić information content (AvgIpc) is 3.47. The zero-order valence-electron chi connectivity index (χ0n) is 16.8. The molecule has 2 aliphatic rings. The molecule has 5 rings (SSSR count). The van der Waals surface area contributed by atoms with Crippen LogP contribution in [0.15, 0.2) is 47.4 Å². The van der Waals surface area contributed by atoms with E-state index < -0.39 is 4.87 Å². The van der Waals surface area contributed by atoms with E-state index in [1.807, 2.05) is 24.3 Å². The fourth-order valence-corrected chi connectivity index (χ4v) is 5.34. The molecular weight excluding hydrogens is 418 g/mol. The van der Waals surface area contributed by atoms with Crippen molar-refractivity contribution in [3.05, 3.63) is 42.5 Å². The minimum Gasteiger partial charge on any atom is -0.497 e. The van der Waals surface area contributed by atoms with Crippen molar-refractivity contribution in [2.75, 3.05) is 24.4 Å². The van der Waals surface area contributed by atoms with Crippen molar-refractivity contribution in [1.29, 1.82) is 0 Å². The second-order valence-electron chi connectivity index (χ2n) is 7.11. The van der Waals surface area contributed by atoms with E-state index in [9.17, 15) is 9.59 Å². The highest BCUT2D eigenvalue weighted by molar-refractivity contribution is 8.02. The van der Waals surface area contributed by atoms with E-state index in [2.05, 4.69) is 20.5 Å². The Morgan fingerprint density at radius 1 is 1.23 bits per heavy atom. The number of para-hydroxylation sites is 1. The van der Waals surface area contributed by atoms with Gasteiger partial charge in [0.15, 0.2) is 10.7 Å². The molecule has 2 N–H and O–H groups in total. The summed E-state index contributed by atoms with van der Waals surface area (Å²) in [5.41, 5.74) is 1.44. The van der Waals surface area contributed by atoms with Gasteiger partial charge in [-0.25, -0.2) is 0 Å². The van der Waals surface area contributed by atoms with E-state index in [4.69, 9.17) is 9.47 Å². The highest BCUT2D eigenvalue weighted by Gasteiger charge is 2.57. The lowest BCUT2D eigenvalue weighted by Crippen LogP contribution is -2.49. The van der Waals surface area contributed by atoms with Crippen molar-refractivity contribution >= 4 is 35.2 Å². The molecule has 1 saturated heterocycles. The number of hydrogen-bond acceptors (Lipinski definition) is 7. The third-order valence-corrected chi connectivity index (χ3v) is 6.88. The Hall–Kier alpha value is -3.53. The van der Waals surface area contributed by atoms with Crippen molar-refractivity contribution < 1.29 is 19.1 Å². The summed E-state index contributed by atoms with van der Waals surface area (Å²) >= 11 is 1.39. The number of carbonyl (C=O) groups excluding carboxylic acids is 2. The van der Waals surface area contributed by atoms with Gasteiger partial charge in [-0.2, -0.15) is 4.98 Å². The summed E-state index contributed by atoms with van der Waals surface area (Å²) in [5.74, 6) is 1.38. The van der Waals surface area contributed by atoms with E-state index in [0.29, 0.717) is 35.7 Å². The first-order valence-electron chi connectivity index (χ1n) is 9.63. The number of H-pyrrole nitrogens is 1. The molecule has 0 bridgehead atoms. The van der Waals surface area contributed by atoms with Gasteiger partial charge in [-0.1, -0.05) is 23.9 Å². The maximum absolute atomic E-state index is 13.3. The Morgan fingerprint density at radius 2 is 2.06 bits per heavy atom. The molecule has 1 aromatic heterocycles. The summed E-state index contributed by atoms with van der Waals surface area (Å²) < 4.78 is 10.6. The van der Waals surface area contributed by atoms with Gasteiger partial charge < -0.3 is 9.47 Å². The molecule has 1 atom stereocenters. The van der Waals surface area contributed by atoms with E-state index in [-0.39, 0.29) is 17.8 Å². The molecule has 9 nitrogen and oxygen atoms in total. The standard InChI is InChI=1S/C21H19N5O4S/c1-29-12-7-8-13(15(11-12)30-2)18-22-20(25-24-18)23-19(28)21-10-9-17(27)26(21)14-5-3-4-6-16(14)31-21/h3-8,11H,9-10H2,1-2H3,(H2,22,23,24,25,28). The van der Waals surface area contributed by atoms with Crippen LogP contribution in [0.1, 0.15) is 12.8 Å². The first-order chi connectivity index (χ1) is 15.1. The fourth-order valence-electron chi connectivity index (χ4n) is 3.93. The summed E-state index contributed by atoms with van der Waals surface area (Å²) in [6, 6.07) is 12.9. The van der Waals surface area contributed by atoms with Crippen LogP contribution in [0, 0.1) is 0 Å². The van der Waals surface area contributed by atoms with Crippen molar-refractivity contribution in [3.63, 3.8) is 0 Å². The summed E-state index contributed by atoms with van der Waals surface area (Å²) in [6.07, 6.45) is 0.734. The summed E-state index contributed by atoms with van der Waals surface area (Å²) in [4.78, 5) is 31.8. The number of carbonyl (C=O) groups is 2. The number of methoxy groups -OCH3 is 2. The quantitative estimate of drug-likeness (QED) is 0.631.